The molecule has 0 unspecified atom stereocenters. The van der Waals surface area contributed by atoms with Crippen molar-refractivity contribution in [3.63, 3.8) is 0 Å². The smallest absolute Gasteiger partial charge is 0.190 e. The number of hydrogen-bond acceptors (Lipinski definition) is 5. The fourth-order valence-electron chi connectivity index (χ4n) is 0.988. The van der Waals surface area contributed by atoms with E-state index < -0.39 is 0 Å². The Morgan fingerprint density at radius 3 is 3.12 bits per heavy atom. The quantitative estimate of drug-likeness (QED) is 0.393. The summed E-state index contributed by atoms with van der Waals surface area (Å²) in [5, 5.41) is 19.6. The van der Waals surface area contributed by atoms with Crippen LogP contribution in [0, 0.1) is 5.41 Å². The van der Waals surface area contributed by atoms with Gasteiger partial charge in [-0.15, -0.1) is 5.10 Å². The SMILES string of the molecule is N=C(N)NCCC(=O)SCCc1c[nH]nn1. The maximum atomic E-state index is 11.3. The normalized spacial score (nSPS) is 10.0. The van der Waals surface area contributed by atoms with Crippen LogP contribution in [0.2, 0.25) is 0 Å². The van der Waals surface area contributed by atoms with Crippen molar-refractivity contribution in [3.05, 3.63) is 11.9 Å². The molecule has 1 rings (SSSR count). The number of carbonyl (C=O) groups excluding carboxylic acids is 1. The minimum Gasteiger partial charge on any atom is -0.370 e. The van der Waals surface area contributed by atoms with Gasteiger partial charge in [-0.1, -0.05) is 17.0 Å². The largest absolute Gasteiger partial charge is 0.370 e. The van der Waals surface area contributed by atoms with E-state index in [1.54, 1.807) is 6.20 Å². The second-order valence-corrected chi connectivity index (χ2v) is 4.18. The molecule has 0 aromatic carbocycles. The van der Waals surface area contributed by atoms with E-state index in [-0.39, 0.29) is 11.1 Å². The van der Waals surface area contributed by atoms with Gasteiger partial charge in [-0.05, 0) is 0 Å². The van der Waals surface area contributed by atoms with Crippen molar-refractivity contribution in [2.75, 3.05) is 12.3 Å². The Balaban J connectivity index is 2.04. The number of thioether (sulfide) groups is 1. The van der Waals surface area contributed by atoms with Crippen molar-refractivity contribution >= 4 is 22.8 Å². The van der Waals surface area contributed by atoms with Crippen LogP contribution < -0.4 is 11.1 Å². The van der Waals surface area contributed by atoms with Crippen molar-refractivity contribution < 1.29 is 4.79 Å². The molecule has 0 spiro atoms. The van der Waals surface area contributed by atoms with E-state index in [1.807, 2.05) is 0 Å². The monoisotopic (exact) mass is 242 g/mol. The molecule has 8 heteroatoms. The number of guanidine groups is 1. The maximum Gasteiger partial charge on any atom is 0.190 e. The first-order chi connectivity index (χ1) is 7.68. The number of nitrogens with zero attached hydrogens (tertiary/aromatic N) is 2. The third-order valence-corrected chi connectivity index (χ3v) is 2.67. The number of carbonyl (C=O) groups is 1. The van der Waals surface area contributed by atoms with E-state index in [0.717, 1.165) is 5.69 Å². The zero-order valence-electron chi connectivity index (χ0n) is 8.69. The lowest BCUT2D eigenvalue weighted by Crippen LogP contribution is -2.31. The van der Waals surface area contributed by atoms with Gasteiger partial charge in [-0.3, -0.25) is 15.3 Å². The van der Waals surface area contributed by atoms with Gasteiger partial charge in [0, 0.05) is 31.3 Å². The number of hydrogen-bond donors (Lipinski definition) is 4. The highest BCUT2D eigenvalue weighted by Crippen LogP contribution is 2.07. The van der Waals surface area contributed by atoms with Gasteiger partial charge in [-0.25, -0.2) is 0 Å². The first-order valence-corrected chi connectivity index (χ1v) is 5.76. The van der Waals surface area contributed by atoms with Gasteiger partial charge < -0.3 is 11.1 Å². The van der Waals surface area contributed by atoms with Crippen LogP contribution in [0.1, 0.15) is 12.1 Å². The number of rotatable bonds is 6. The number of aromatic amines is 1. The molecule has 5 N–H and O–H groups in total. The molecule has 0 saturated heterocycles. The van der Waals surface area contributed by atoms with E-state index in [0.29, 0.717) is 25.1 Å². The lowest BCUT2D eigenvalue weighted by molar-refractivity contribution is -0.110. The van der Waals surface area contributed by atoms with Gasteiger partial charge in [0.1, 0.15) is 0 Å². The fourth-order valence-corrected chi connectivity index (χ4v) is 1.77. The molecular weight excluding hydrogens is 228 g/mol. The molecule has 0 fully saturated rings. The van der Waals surface area contributed by atoms with E-state index in [1.165, 1.54) is 11.8 Å². The van der Waals surface area contributed by atoms with Crippen LogP contribution in [0.15, 0.2) is 6.20 Å². The molecule has 0 aliphatic heterocycles. The number of nitrogens with one attached hydrogen (secondary N) is 3. The summed E-state index contributed by atoms with van der Waals surface area (Å²) in [7, 11) is 0. The lowest BCUT2D eigenvalue weighted by Gasteiger charge is -2.02. The molecule has 1 heterocycles. The van der Waals surface area contributed by atoms with Crippen molar-refractivity contribution in [1.82, 2.24) is 20.7 Å². The molecule has 0 aliphatic carbocycles. The van der Waals surface area contributed by atoms with Crippen LogP contribution in [0.4, 0.5) is 0 Å². The Hall–Kier alpha value is -1.57. The van der Waals surface area contributed by atoms with E-state index in [2.05, 4.69) is 20.7 Å². The zero-order valence-corrected chi connectivity index (χ0v) is 9.51. The summed E-state index contributed by atoms with van der Waals surface area (Å²) in [5.74, 6) is 0.575. The molecule has 0 saturated carbocycles. The lowest BCUT2D eigenvalue weighted by atomic mass is 10.4. The Morgan fingerprint density at radius 2 is 2.50 bits per heavy atom. The van der Waals surface area contributed by atoms with Crippen LogP contribution in [-0.4, -0.2) is 38.8 Å². The van der Waals surface area contributed by atoms with Gasteiger partial charge in [0.15, 0.2) is 11.1 Å². The highest BCUT2D eigenvalue weighted by molar-refractivity contribution is 8.13. The minimum absolute atomic E-state index is 0.0808. The molecule has 0 aliphatic rings. The second-order valence-electron chi connectivity index (χ2n) is 3.03. The van der Waals surface area contributed by atoms with Crippen molar-refractivity contribution in [3.8, 4) is 0 Å². The summed E-state index contributed by atoms with van der Waals surface area (Å²) in [6.07, 6.45) is 2.79. The fraction of sp³-hybridized carbons (Fsp3) is 0.500. The molecular formula is C8H14N6OS. The number of aromatic nitrogens is 3. The predicted molar refractivity (Wildman–Crippen MR) is 62.1 cm³/mol. The Morgan fingerprint density at radius 1 is 1.69 bits per heavy atom. The average Bonchev–Trinajstić information content (AvgIpc) is 2.70. The Bertz CT molecular complexity index is 338. The molecule has 0 radical (unpaired) electrons. The predicted octanol–water partition coefficient (Wildman–Crippen LogP) is -0.520. The van der Waals surface area contributed by atoms with E-state index in [4.69, 9.17) is 11.1 Å². The number of aryl methyl sites for hydroxylation is 1. The molecule has 0 bridgehead atoms. The summed E-state index contributed by atoms with van der Waals surface area (Å²) in [4.78, 5) is 11.3. The Kier molecular flexibility index (Phi) is 5.34. The highest BCUT2D eigenvalue weighted by Gasteiger charge is 2.03. The molecule has 1 aromatic heterocycles. The highest BCUT2D eigenvalue weighted by atomic mass is 32.2. The third kappa shape index (κ3) is 5.35. The molecule has 7 nitrogen and oxygen atoms in total. The first kappa shape index (κ1) is 12.5. The minimum atomic E-state index is -0.111. The van der Waals surface area contributed by atoms with Crippen molar-refractivity contribution in [2.45, 2.75) is 12.8 Å². The summed E-state index contributed by atoms with van der Waals surface area (Å²) in [5.41, 5.74) is 5.93. The molecule has 88 valence electrons. The zero-order chi connectivity index (χ0) is 11.8. The van der Waals surface area contributed by atoms with E-state index >= 15 is 0 Å². The third-order valence-electron chi connectivity index (χ3n) is 1.73. The molecule has 16 heavy (non-hydrogen) atoms. The van der Waals surface area contributed by atoms with Crippen LogP contribution in [0.5, 0.6) is 0 Å². The van der Waals surface area contributed by atoms with Crippen LogP contribution in [-0.2, 0) is 11.2 Å². The van der Waals surface area contributed by atoms with E-state index in [9.17, 15) is 4.79 Å². The first-order valence-electron chi connectivity index (χ1n) is 4.77. The average molecular weight is 242 g/mol. The van der Waals surface area contributed by atoms with Gasteiger partial charge in [-0.2, -0.15) is 0 Å². The molecule has 1 aromatic rings. The summed E-state index contributed by atoms with van der Waals surface area (Å²) in [6, 6.07) is 0. The van der Waals surface area contributed by atoms with Gasteiger partial charge in [0.25, 0.3) is 0 Å². The van der Waals surface area contributed by atoms with Crippen LogP contribution >= 0.6 is 11.8 Å². The summed E-state index contributed by atoms with van der Waals surface area (Å²) >= 11 is 1.25. The second kappa shape index (κ2) is 6.83. The summed E-state index contributed by atoms with van der Waals surface area (Å²) < 4.78 is 0. The molecule has 0 amide bonds. The summed E-state index contributed by atoms with van der Waals surface area (Å²) in [6.45, 7) is 0.408. The van der Waals surface area contributed by atoms with Crippen molar-refractivity contribution in [2.24, 2.45) is 5.73 Å². The van der Waals surface area contributed by atoms with Crippen LogP contribution in [0.25, 0.3) is 0 Å². The standard InChI is InChI=1S/C8H14N6OS/c9-8(10)11-3-1-7(15)16-4-2-6-5-12-14-13-6/h5H,1-4H2,(H4,9,10,11)(H,12,13,14). The Labute approximate surface area is 97.1 Å². The van der Waals surface area contributed by atoms with Gasteiger partial charge in [0.2, 0.25) is 0 Å². The van der Waals surface area contributed by atoms with Crippen LogP contribution in [0.3, 0.4) is 0 Å². The number of nitrogens with two attached hydrogens (primary N) is 1. The van der Waals surface area contributed by atoms with Gasteiger partial charge in [0.05, 0.1) is 5.69 Å². The van der Waals surface area contributed by atoms with Crippen molar-refractivity contribution in [1.29, 1.82) is 5.41 Å². The van der Waals surface area contributed by atoms with Gasteiger partial charge >= 0.3 is 0 Å². The number of H-pyrrole nitrogens is 1. The topological polar surface area (TPSA) is 121 Å². The molecule has 0 atom stereocenters. The maximum absolute atomic E-state index is 11.3.